The summed E-state index contributed by atoms with van der Waals surface area (Å²) in [7, 11) is 0. The maximum absolute atomic E-state index is 11.7. The van der Waals surface area contributed by atoms with Crippen molar-refractivity contribution in [3.63, 3.8) is 0 Å². The molecule has 0 heterocycles. The molecule has 0 atom stereocenters. The monoisotopic (exact) mass is 136 g/mol. The quantitative estimate of drug-likeness (QED) is 0.606. The van der Waals surface area contributed by atoms with Gasteiger partial charge >= 0.3 is 0 Å². The van der Waals surface area contributed by atoms with Crippen LogP contribution in [0, 0.1) is 11.8 Å². The summed E-state index contributed by atoms with van der Waals surface area (Å²) in [4.78, 5) is 0. The molecule has 1 N–H and O–H groups in total. The van der Waals surface area contributed by atoms with Gasteiger partial charge in [-0.05, 0) is 18.8 Å². The molecule has 3 heteroatoms. The number of rotatable bonds is 2. The van der Waals surface area contributed by atoms with Gasteiger partial charge in [0.1, 0.15) is 0 Å². The molecule has 1 aliphatic carbocycles. The number of hydrogen-bond acceptors (Lipinski definition) is 1. The molecular weight excluding hydrogens is 126 g/mol. The van der Waals surface area contributed by atoms with Crippen LogP contribution >= 0.6 is 0 Å². The fraction of sp³-hybridized carbons (Fsp3) is 1.00. The molecule has 0 unspecified atom stereocenters. The van der Waals surface area contributed by atoms with Crippen LogP contribution < -0.4 is 0 Å². The topological polar surface area (TPSA) is 20.2 Å². The van der Waals surface area contributed by atoms with Crippen LogP contribution in [0.4, 0.5) is 8.78 Å². The first-order valence-corrected chi connectivity index (χ1v) is 3.13. The van der Waals surface area contributed by atoms with E-state index >= 15 is 0 Å². The fourth-order valence-electron chi connectivity index (χ4n) is 1.14. The molecule has 0 aromatic rings. The van der Waals surface area contributed by atoms with Crippen LogP contribution in [0.5, 0.6) is 0 Å². The van der Waals surface area contributed by atoms with E-state index in [0.717, 1.165) is 0 Å². The van der Waals surface area contributed by atoms with E-state index in [0.29, 0.717) is 12.8 Å². The van der Waals surface area contributed by atoms with E-state index < -0.39 is 12.3 Å². The Bertz CT molecular complexity index is 89.1. The second-order valence-electron chi connectivity index (χ2n) is 2.61. The average Bonchev–Trinajstić information content (AvgIpc) is 1.61. The first-order valence-electron chi connectivity index (χ1n) is 3.13. The largest absolute Gasteiger partial charge is 0.396 e. The molecule has 9 heavy (non-hydrogen) atoms. The third-order valence-corrected chi connectivity index (χ3v) is 1.89. The molecule has 0 aromatic heterocycles. The zero-order chi connectivity index (χ0) is 6.85. The molecule has 0 radical (unpaired) electrons. The summed E-state index contributed by atoms with van der Waals surface area (Å²) in [6, 6.07) is 0. The molecule has 1 fully saturated rings. The predicted octanol–water partition coefficient (Wildman–Crippen LogP) is 1.27. The standard InChI is InChI=1S/C6H10F2O/c7-6(8)5-1-4(2-5)3-9/h4-6,9H,1-3H2. The highest BCUT2D eigenvalue weighted by Gasteiger charge is 2.34. The van der Waals surface area contributed by atoms with Gasteiger partial charge in [0.05, 0.1) is 0 Å². The lowest BCUT2D eigenvalue weighted by atomic mass is 9.76. The first kappa shape index (κ1) is 6.93. The number of halogens is 2. The van der Waals surface area contributed by atoms with E-state index in [9.17, 15) is 8.78 Å². The lowest BCUT2D eigenvalue weighted by molar-refractivity contribution is -0.0139. The van der Waals surface area contributed by atoms with Crippen molar-refractivity contribution in [3.8, 4) is 0 Å². The first-order chi connectivity index (χ1) is 4.24. The van der Waals surface area contributed by atoms with Crippen LogP contribution in [0.25, 0.3) is 0 Å². The van der Waals surface area contributed by atoms with E-state index in [1.807, 2.05) is 0 Å². The van der Waals surface area contributed by atoms with Crippen molar-refractivity contribution >= 4 is 0 Å². The van der Waals surface area contributed by atoms with Crippen molar-refractivity contribution in [2.24, 2.45) is 11.8 Å². The molecule has 0 aliphatic heterocycles. The minimum atomic E-state index is -2.17. The lowest BCUT2D eigenvalue weighted by Gasteiger charge is -2.32. The zero-order valence-electron chi connectivity index (χ0n) is 5.06. The predicted molar refractivity (Wildman–Crippen MR) is 29.3 cm³/mol. The Morgan fingerprint density at radius 1 is 1.44 bits per heavy atom. The zero-order valence-corrected chi connectivity index (χ0v) is 5.06. The van der Waals surface area contributed by atoms with Crippen molar-refractivity contribution in [1.82, 2.24) is 0 Å². The van der Waals surface area contributed by atoms with Crippen LogP contribution in [0.15, 0.2) is 0 Å². The summed E-state index contributed by atoms with van der Waals surface area (Å²) in [5.41, 5.74) is 0. The van der Waals surface area contributed by atoms with Gasteiger partial charge < -0.3 is 5.11 Å². The number of aliphatic hydroxyl groups is 1. The molecule has 0 aromatic carbocycles. The molecule has 1 nitrogen and oxygen atoms in total. The summed E-state index contributed by atoms with van der Waals surface area (Å²) >= 11 is 0. The van der Waals surface area contributed by atoms with Crippen molar-refractivity contribution in [2.75, 3.05) is 6.61 Å². The molecule has 0 bridgehead atoms. The van der Waals surface area contributed by atoms with E-state index in [1.54, 1.807) is 0 Å². The summed E-state index contributed by atoms with van der Waals surface area (Å²) in [6.07, 6.45) is -1.16. The van der Waals surface area contributed by atoms with Gasteiger partial charge in [0.25, 0.3) is 0 Å². The van der Waals surface area contributed by atoms with E-state index in [4.69, 9.17) is 5.11 Å². The molecular formula is C6H10F2O. The van der Waals surface area contributed by atoms with Gasteiger partial charge in [0.15, 0.2) is 0 Å². The Labute approximate surface area is 52.7 Å². The minimum absolute atomic E-state index is 0.0726. The molecule has 1 rings (SSSR count). The summed E-state index contributed by atoms with van der Waals surface area (Å²) < 4.78 is 23.4. The highest BCUT2D eigenvalue weighted by Crippen LogP contribution is 2.37. The van der Waals surface area contributed by atoms with Gasteiger partial charge in [-0.2, -0.15) is 0 Å². The third kappa shape index (κ3) is 1.39. The van der Waals surface area contributed by atoms with Gasteiger partial charge in [0, 0.05) is 12.5 Å². The average molecular weight is 136 g/mol. The van der Waals surface area contributed by atoms with Crippen molar-refractivity contribution in [1.29, 1.82) is 0 Å². The highest BCUT2D eigenvalue weighted by molar-refractivity contribution is 4.80. The summed E-state index contributed by atoms with van der Waals surface area (Å²) in [5.74, 6) is -0.272. The molecule has 0 saturated heterocycles. The second kappa shape index (κ2) is 2.60. The van der Waals surface area contributed by atoms with Gasteiger partial charge in [-0.1, -0.05) is 0 Å². The van der Waals surface area contributed by atoms with Gasteiger partial charge in [0.2, 0.25) is 6.43 Å². The Morgan fingerprint density at radius 2 is 2.00 bits per heavy atom. The number of aliphatic hydroxyl groups excluding tert-OH is 1. The van der Waals surface area contributed by atoms with Gasteiger partial charge in [-0.15, -0.1) is 0 Å². The fourth-order valence-corrected chi connectivity index (χ4v) is 1.14. The van der Waals surface area contributed by atoms with Crippen LogP contribution in [0.3, 0.4) is 0 Å². The van der Waals surface area contributed by atoms with Crippen molar-refractivity contribution in [2.45, 2.75) is 19.3 Å². The molecule has 1 saturated carbocycles. The Hall–Kier alpha value is -0.180. The molecule has 0 spiro atoms. The lowest BCUT2D eigenvalue weighted by Crippen LogP contribution is -2.31. The Morgan fingerprint density at radius 3 is 2.33 bits per heavy atom. The number of hydrogen-bond donors (Lipinski definition) is 1. The highest BCUT2D eigenvalue weighted by atomic mass is 19.3. The summed E-state index contributed by atoms with van der Waals surface area (Å²) in [6.45, 7) is 0.0726. The maximum atomic E-state index is 11.7. The van der Waals surface area contributed by atoms with Crippen molar-refractivity contribution < 1.29 is 13.9 Å². The molecule has 1 aliphatic rings. The number of alkyl halides is 2. The van der Waals surface area contributed by atoms with Crippen LogP contribution in [0.1, 0.15) is 12.8 Å². The maximum Gasteiger partial charge on any atom is 0.241 e. The van der Waals surface area contributed by atoms with E-state index in [2.05, 4.69) is 0 Å². The Kier molecular flexibility index (Phi) is 2.01. The third-order valence-electron chi connectivity index (χ3n) is 1.89. The molecule has 54 valence electrons. The van der Waals surface area contributed by atoms with Crippen LogP contribution in [-0.2, 0) is 0 Å². The van der Waals surface area contributed by atoms with Crippen molar-refractivity contribution in [3.05, 3.63) is 0 Å². The van der Waals surface area contributed by atoms with E-state index in [1.165, 1.54) is 0 Å². The van der Waals surface area contributed by atoms with E-state index in [-0.39, 0.29) is 12.5 Å². The Balaban J connectivity index is 2.12. The normalized spacial score (nSPS) is 34.7. The van der Waals surface area contributed by atoms with Gasteiger partial charge in [-0.3, -0.25) is 0 Å². The SMILES string of the molecule is OCC1CC(C(F)F)C1. The minimum Gasteiger partial charge on any atom is -0.396 e. The molecule has 0 amide bonds. The van der Waals surface area contributed by atoms with Crippen LogP contribution in [0.2, 0.25) is 0 Å². The smallest absolute Gasteiger partial charge is 0.241 e. The summed E-state index contributed by atoms with van der Waals surface area (Å²) in [5, 5.41) is 8.44. The second-order valence-corrected chi connectivity index (χ2v) is 2.61. The van der Waals surface area contributed by atoms with Crippen LogP contribution in [-0.4, -0.2) is 18.1 Å². The van der Waals surface area contributed by atoms with Gasteiger partial charge in [-0.25, -0.2) is 8.78 Å².